The lowest BCUT2D eigenvalue weighted by Gasteiger charge is -2.35. The molecule has 6 heteroatoms. The zero-order valence-electron chi connectivity index (χ0n) is 15.2. The molecule has 1 saturated carbocycles. The summed E-state index contributed by atoms with van der Waals surface area (Å²) in [7, 11) is -1.37. The number of nitrogens with zero attached hydrogens (tertiary/aromatic N) is 1. The van der Waals surface area contributed by atoms with Gasteiger partial charge in [-0.25, -0.2) is 8.42 Å². The van der Waals surface area contributed by atoms with Gasteiger partial charge in [0.2, 0.25) is 5.91 Å². The van der Waals surface area contributed by atoms with E-state index in [9.17, 15) is 13.2 Å². The minimum absolute atomic E-state index is 0.0723. The fourth-order valence-corrected chi connectivity index (χ4v) is 5.84. The molecule has 2 fully saturated rings. The Hall–Kier alpha value is -0.620. The molecule has 0 N–H and O–H groups in total. The Labute approximate surface area is 147 Å². The molecule has 1 aliphatic carbocycles. The van der Waals surface area contributed by atoms with E-state index in [1.54, 1.807) is 7.11 Å². The van der Waals surface area contributed by atoms with E-state index in [2.05, 4.69) is 6.92 Å². The van der Waals surface area contributed by atoms with Crippen LogP contribution < -0.4 is 0 Å². The number of rotatable bonds is 8. The summed E-state index contributed by atoms with van der Waals surface area (Å²) in [5, 5.41) is 0. The third-order valence-corrected chi connectivity index (χ3v) is 7.38. The second kappa shape index (κ2) is 9.18. The van der Waals surface area contributed by atoms with Crippen molar-refractivity contribution in [3.8, 4) is 0 Å². The minimum atomic E-state index is -2.98. The SMILES string of the molecule is CCCCC1CCC(C(=O)N(CCOC)C2CCS(=O)(=O)C2)CC1. The van der Waals surface area contributed by atoms with Gasteiger partial charge in [0.25, 0.3) is 0 Å². The molecule has 24 heavy (non-hydrogen) atoms. The average molecular weight is 360 g/mol. The molecule has 0 aromatic rings. The summed E-state index contributed by atoms with van der Waals surface area (Å²) in [5.41, 5.74) is 0. The maximum absolute atomic E-state index is 13.0. The van der Waals surface area contributed by atoms with Crippen LogP contribution in [0.25, 0.3) is 0 Å². The number of hydrogen-bond acceptors (Lipinski definition) is 4. The molecule has 1 unspecified atom stereocenters. The smallest absolute Gasteiger partial charge is 0.226 e. The average Bonchev–Trinajstić information content (AvgIpc) is 2.93. The summed E-state index contributed by atoms with van der Waals surface area (Å²) in [6.45, 7) is 3.19. The first kappa shape index (κ1) is 19.7. The van der Waals surface area contributed by atoms with Crippen molar-refractivity contribution in [2.24, 2.45) is 11.8 Å². The van der Waals surface area contributed by atoms with Gasteiger partial charge < -0.3 is 9.64 Å². The zero-order valence-corrected chi connectivity index (χ0v) is 16.0. The summed E-state index contributed by atoms with van der Waals surface area (Å²) in [6.07, 6.45) is 8.56. The summed E-state index contributed by atoms with van der Waals surface area (Å²) < 4.78 is 28.7. The van der Waals surface area contributed by atoms with Crippen molar-refractivity contribution in [1.82, 2.24) is 4.90 Å². The van der Waals surface area contributed by atoms with Crippen LogP contribution in [0.4, 0.5) is 0 Å². The topological polar surface area (TPSA) is 63.7 Å². The summed E-state index contributed by atoms with van der Waals surface area (Å²) in [5.74, 6) is 1.33. The number of unbranched alkanes of at least 4 members (excludes halogenated alkanes) is 1. The van der Waals surface area contributed by atoms with Crippen LogP contribution in [0.3, 0.4) is 0 Å². The number of ether oxygens (including phenoxy) is 1. The maximum Gasteiger partial charge on any atom is 0.226 e. The molecule has 1 atom stereocenters. The van der Waals surface area contributed by atoms with E-state index < -0.39 is 9.84 Å². The third kappa shape index (κ3) is 5.45. The number of carbonyl (C=O) groups is 1. The van der Waals surface area contributed by atoms with Crippen molar-refractivity contribution >= 4 is 15.7 Å². The van der Waals surface area contributed by atoms with E-state index in [0.717, 1.165) is 31.6 Å². The number of amides is 1. The predicted octanol–water partition coefficient (Wildman–Crippen LogP) is 2.65. The predicted molar refractivity (Wildman–Crippen MR) is 95.6 cm³/mol. The molecule has 0 aromatic heterocycles. The minimum Gasteiger partial charge on any atom is -0.383 e. The van der Waals surface area contributed by atoms with Gasteiger partial charge in [-0.05, 0) is 38.0 Å². The number of hydrogen-bond donors (Lipinski definition) is 0. The second-order valence-corrected chi connectivity index (χ2v) is 9.67. The van der Waals surface area contributed by atoms with Crippen LogP contribution in [0.1, 0.15) is 58.3 Å². The highest BCUT2D eigenvalue weighted by Crippen LogP contribution is 2.33. The Bertz CT molecular complexity index is 497. The van der Waals surface area contributed by atoms with E-state index in [-0.39, 0.29) is 29.4 Å². The van der Waals surface area contributed by atoms with Gasteiger partial charge in [0.1, 0.15) is 0 Å². The van der Waals surface area contributed by atoms with Crippen LogP contribution in [0.5, 0.6) is 0 Å². The first-order valence-electron chi connectivity index (χ1n) is 9.46. The molecule has 140 valence electrons. The van der Waals surface area contributed by atoms with Crippen LogP contribution in [-0.4, -0.2) is 57.0 Å². The fourth-order valence-electron chi connectivity index (χ4n) is 4.11. The fraction of sp³-hybridized carbons (Fsp3) is 0.944. The molecule has 0 bridgehead atoms. The van der Waals surface area contributed by atoms with Crippen LogP contribution >= 0.6 is 0 Å². The third-order valence-electron chi connectivity index (χ3n) is 5.63. The lowest BCUT2D eigenvalue weighted by molar-refractivity contribution is -0.139. The lowest BCUT2D eigenvalue weighted by atomic mass is 9.79. The Morgan fingerprint density at radius 2 is 1.88 bits per heavy atom. The molecular weight excluding hydrogens is 326 g/mol. The molecule has 2 aliphatic rings. The Morgan fingerprint density at radius 1 is 1.17 bits per heavy atom. The van der Waals surface area contributed by atoms with Crippen LogP contribution in [-0.2, 0) is 19.4 Å². The quantitative estimate of drug-likeness (QED) is 0.668. The maximum atomic E-state index is 13.0. The van der Waals surface area contributed by atoms with E-state index >= 15 is 0 Å². The molecule has 2 rings (SSSR count). The van der Waals surface area contributed by atoms with Gasteiger partial charge in [-0.15, -0.1) is 0 Å². The Balaban J connectivity index is 1.93. The molecule has 1 saturated heterocycles. The summed E-state index contributed by atoms with van der Waals surface area (Å²) >= 11 is 0. The van der Waals surface area contributed by atoms with Gasteiger partial charge in [-0.3, -0.25) is 4.79 Å². The van der Waals surface area contributed by atoms with Gasteiger partial charge in [-0.1, -0.05) is 26.2 Å². The van der Waals surface area contributed by atoms with Crippen LogP contribution in [0.15, 0.2) is 0 Å². The first-order chi connectivity index (χ1) is 11.5. The standard InChI is InChI=1S/C18H33NO4S/c1-3-4-5-15-6-8-16(9-7-15)18(20)19(11-12-23-2)17-10-13-24(21,22)14-17/h15-17H,3-14H2,1-2H3. The lowest BCUT2D eigenvalue weighted by Crippen LogP contribution is -2.46. The zero-order chi connectivity index (χ0) is 17.6. The molecular formula is C18H33NO4S. The number of carbonyl (C=O) groups excluding carboxylic acids is 1. The van der Waals surface area contributed by atoms with E-state index in [4.69, 9.17) is 4.74 Å². The Morgan fingerprint density at radius 3 is 2.42 bits per heavy atom. The van der Waals surface area contributed by atoms with Crippen LogP contribution in [0, 0.1) is 11.8 Å². The molecule has 0 radical (unpaired) electrons. The highest BCUT2D eigenvalue weighted by molar-refractivity contribution is 7.91. The van der Waals surface area contributed by atoms with Crippen molar-refractivity contribution in [2.45, 2.75) is 64.3 Å². The molecule has 1 amide bonds. The highest BCUT2D eigenvalue weighted by atomic mass is 32.2. The number of sulfone groups is 1. The molecule has 5 nitrogen and oxygen atoms in total. The summed E-state index contributed by atoms with van der Waals surface area (Å²) in [6, 6.07) is -0.157. The highest BCUT2D eigenvalue weighted by Gasteiger charge is 2.37. The molecule has 0 aromatic carbocycles. The molecule has 1 aliphatic heterocycles. The second-order valence-electron chi connectivity index (χ2n) is 7.44. The van der Waals surface area contributed by atoms with Crippen molar-refractivity contribution in [3.63, 3.8) is 0 Å². The largest absolute Gasteiger partial charge is 0.383 e. The van der Waals surface area contributed by atoms with Gasteiger partial charge in [0.05, 0.1) is 18.1 Å². The van der Waals surface area contributed by atoms with Crippen LogP contribution in [0.2, 0.25) is 0 Å². The van der Waals surface area contributed by atoms with Gasteiger partial charge in [0.15, 0.2) is 9.84 Å². The van der Waals surface area contributed by atoms with Gasteiger partial charge in [0, 0.05) is 25.6 Å². The number of methoxy groups -OCH3 is 1. The monoisotopic (exact) mass is 359 g/mol. The van der Waals surface area contributed by atoms with E-state index in [1.165, 1.54) is 19.3 Å². The molecule has 1 heterocycles. The van der Waals surface area contributed by atoms with Crippen molar-refractivity contribution in [2.75, 3.05) is 31.8 Å². The summed E-state index contributed by atoms with van der Waals surface area (Å²) in [4.78, 5) is 14.8. The van der Waals surface area contributed by atoms with Gasteiger partial charge >= 0.3 is 0 Å². The Kier molecular flexibility index (Phi) is 7.54. The van der Waals surface area contributed by atoms with Crippen molar-refractivity contribution in [1.29, 1.82) is 0 Å². The van der Waals surface area contributed by atoms with Crippen molar-refractivity contribution < 1.29 is 17.9 Å². The first-order valence-corrected chi connectivity index (χ1v) is 11.3. The normalized spacial score (nSPS) is 29.5. The molecule has 0 spiro atoms. The van der Waals surface area contributed by atoms with E-state index in [1.807, 2.05) is 4.90 Å². The van der Waals surface area contributed by atoms with E-state index in [0.29, 0.717) is 19.6 Å². The van der Waals surface area contributed by atoms with Crippen molar-refractivity contribution in [3.05, 3.63) is 0 Å². The van der Waals surface area contributed by atoms with Gasteiger partial charge in [-0.2, -0.15) is 0 Å².